The minimum atomic E-state index is 0.598. The summed E-state index contributed by atoms with van der Waals surface area (Å²) < 4.78 is 7.91. The summed E-state index contributed by atoms with van der Waals surface area (Å²) in [5.41, 5.74) is 2.27. The van der Waals surface area contributed by atoms with Gasteiger partial charge in [-0.3, -0.25) is 4.90 Å². The quantitative estimate of drug-likeness (QED) is 0.577. The molecule has 24 heavy (non-hydrogen) atoms. The highest BCUT2D eigenvalue weighted by atomic mass is 16.5. The first-order valence-electron chi connectivity index (χ1n) is 8.81. The fourth-order valence-electron chi connectivity index (χ4n) is 3.28. The van der Waals surface area contributed by atoms with Crippen LogP contribution in [0.4, 0.5) is 0 Å². The second kappa shape index (κ2) is 8.42. The number of nitrogens with zero attached hydrogens (tertiary/aromatic N) is 4. The van der Waals surface area contributed by atoms with Crippen molar-refractivity contribution in [3.05, 3.63) is 42.7 Å². The zero-order valence-corrected chi connectivity index (χ0v) is 14.7. The summed E-state index contributed by atoms with van der Waals surface area (Å²) in [6.45, 7) is 11.3. The summed E-state index contributed by atoms with van der Waals surface area (Å²) in [6.07, 6.45) is 3.01. The molecule has 0 bridgehead atoms. The number of likely N-dealkylation sites (N-methyl/N-ethyl adjacent to an activating group) is 1. The van der Waals surface area contributed by atoms with Crippen LogP contribution in [0.2, 0.25) is 0 Å². The Hall–Kier alpha value is -1.69. The Morgan fingerprint density at radius 2 is 2.08 bits per heavy atom. The van der Waals surface area contributed by atoms with Gasteiger partial charge < -0.3 is 14.2 Å². The lowest BCUT2D eigenvalue weighted by atomic mass is 10.3. The van der Waals surface area contributed by atoms with Crippen molar-refractivity contribution in [3.8, 4) is 0 Å². The van der Waals surface area contributed by atoms with Gasteiger partial charge in [0, 0.05) is 19.6 Å². The van der Waals surface area contributed by atoms with Gasteiger partial charge >= 0.3 is 0 Å². The molecule has 1 fully saturated rings. The average molecular weight is 328 g/mol. The number of para-hydroxylation sites is 2. The predicted molar refractivity (Wildman–Crippen MR) is 98.1 cm³/mol. The highest BCUT2D eigenvalue weighted by Crippen LogP contribution is 2.18. The van der Waals surface area contributed by atoms with Crippen molar-refractivity contribution in [1.29, 1.82) is 0 Å². The normalized spacial score (nSPS) is 17.2. The fraction of sp³-hybridized carbons (Fsp3) is 0.526. The summed E-state index contributed by atoms with van der Waals surface area (Å²) >= 11 is 0. The Labute approximate surface area is 144 Å². The third-order valence-electron chi connectivity index (χ3n) is 4.61. The van der Waals surface area contributed by atoms with Crippen molar-refractivity contribution in [2.75, 3.05) is 46.4 Å². The molecule has 0 atom stereocenters. The van der Waals surface area contributed by atoms with Crippen molar-refractivity contribution in [2.24, 2.45) is 0 Å². The lowest BCUT2D eigenvalue weighted by molar-refractivity contribution is 0.152. The number of rotatable bonds is 7. The van der Waals surface area contributed by atoms with E-state index in [9.17, 15) is 0 Å². The molecule has 0 aliphatic carbocycles. The lowest BCUT2D eigenvalue weighted by Gasteiger charge is -2.20. The van der Waals surface area contributed by atoms with E-state index < -0.39 is 0 Å². The molecule has 0 saturated carbocycles. The predicted octanol–water partition coefficient (Wildman–Crippen LogP) is 2.38. The van der Waals surface area contributed by atoms with Gasteiger partial charge in [-0.15, -0.1) is 6.58 Å². The van der Waals surface area contributed by atoms with E-state index in [1.54, 1.807) is 6.08 Å². The molecule has 5 heteroatoms. The van der Waals surface area contributed by atoms with Gasteiger partial charge in [-0.25, -0.2) is 4.98 Å². The van der Waals surface area contributed by atoms with Gasteiger partial charge in [0.05, 0.1) is 30.8 Å². The van der Waals surface area contributed by atoms with Gasteiger partial charge in [0.25, 0.3) is 0 Å². The largest absolute Gasteiger partial charge is 0.376 e. The maximum atomic E-state index is 5.60. The topological polar surface area (TPSA) is 33.5 Å². The second-order valence-electron chi connectivity index (χ2n) is 6.46. The van der Waals surface area contributed by atoms with E-state index in [1.807, 2.05) is 0 Å². The molecule has 1 aliphatic rings. The smallest absolute Gasteiger partial charge is 0.124 e. The fourth-order valence-corrected chi connectivity index (χ4v) is 3.28. The molecule has 3 rings (SSSR count). The van der Waals surface area contributed by atoms with Gasteiger partial charge in [0.1, 0.15) is 5.82 Å². The van der Waals surface area contributed by atoms with Crippen molar-refractivity contribution in [3.63, 3.8) is 0 Å². The third kappa shape index (κ3) is 4.23. The molecule has 2 heterocycles. The number of benzene rings is 1. The van der Waals surface area contributed by atoms with Crippen molar-refractivity contribution >= 4 is 11.0 Å². The summed E-state index contributed by atoms with van der Waals surface area (Å²) in [4.78, 5) is 9.82. The molecule has 2 aromatic rings. The minimum Gasteiger partial charge on any atom is -0.376 e. The molecule has 0 N–H and O–H groups in total. The standard InChI is InChI=1S/C19H28N4O/c1-3-14-24-15-13-23-18-8-5-4-7-17(18)20-19(23)16-22-10-6-9-21(2)11-12-22/h3-5,7-8H,1,6,9-16H2,2H3. The molecular formula is C19H28N4O. The summed E-state index contributed by atoms with van der Waals surface area (Å²) in [6, 6.07) is 8.38. The molecule has 0 unspecified atom stereocenters. The van der Waals surface area contributed by atoms with E-state index in [4.69, 9.17) is 9.72 Å². The van der Waals surface area contributed by atoms with Crippen LogP contribution in [0.3, 0.4) is 0 Å². The summed E-state index contributed by atoms with van der Waals surface area (Å²) in [5, 5.41) is 0. The zero-order chi connectivity index (χ0) is 16.8. The van der Waals surface area contributed by atoms with Crippen LogP contribution >= 0.6 is 0 Å². The SMILES string of the molecule is C=CCOCCn1c(CN2CCCN(C)CC2)nc2ccccc21. The second-order valence-corrected chi connectivity index (χ2v) is 6.46. The third-order valence-corrected chi connectivity index (χ3v) is 4.61. The molecule has 1 saturated heterocycles. The molecular weight excluding hydrogens is 300 g/mol. The van der Waals surface area contributed by atoms with E-state index in [1.165, 1.54) is 18.5 Å². The number of aromatic nitrogens is 2. The molecule has 1 aliphatic heterocycles. The number of hydrogen-bond donors (Lipinski definition) is 0. The Bertz CT molecular complexity index is 666. The summed E-state index contributed by atoms with van der Waals surface area (Å²) in [7, 11) is 2.20. The molecule has 1 aromatic carbocycles. The average Bonchev–Trinajstić information content (AvgIpc) is 2.80. The van der Waals surface area contributed by atoms with Crippen LogP contribution < -0.4 is 0 Å². The molecule has 0 radical (unpaired) electrons. The molecule has 0 spiro atoms. The minimum absolute atomic E-state index is 0.598. The highest BCUT2D eigenvalue weighted by Gasteiger charge is 2.16. The van der Waals surface area contributed by atoms with Gasteiger partial charge in [-0.05, 0) is 38.7 Å². The van der Waals surface area contributed by atoms with Crippen LogP contribution in [-0.4, -0.2) is 65.8 Å². The van der Waals surface area contributed by atoms with Crippen molar-refractivity contribution < 1.29 is 4.74 Å². The highest BCUT2D eigenvalue weighted by molar-refractivity contribution is 5.75. The number of imidazole rings is 1. The van der Waals surface area contributed by atoms with E-state index >= 15 is 0 Å². The molecule has 0 amide bonds. The van der Waals surface area contributed by atoms with Crippen LogP contribution in [0.1, 0.15) is 12.2 Å². The molecule has 5 nitrogen and oxygen atoms in total. The van der Waals surface area contributed by atoms with Crippen molar-refractivity contribution in [2.45, 2.75) is 19.5 Å². The number of fused-ring (bicyclic) bond motifs is 1. The first-order chi connectivity index (χ1) is 11.8. The van der Waals surface area contributed by atoms with Gasteiger partial charge in [-0.1, -0.05) is 18.2 Å². The number of hydrogen-bond acceptors (Lipinski definition) is 4. The van der Waals surface area contributed by atoms with Crippen LogP contribution in [0.25, 0.3) is 11.0 Å². The van der Waals surface area contributed by atoms with E-state index in [2.05, 4.69) is 52.3 Å². The van der Waals surface area contributed by atoms with Gasteiger partial charge in [0.2, 0.25) is 0 Å². The first-order valence-corrected chi connectivity index (χ1v) is 8.81. The van der Waals surface area contributed by atoms with E-state index in [-0.39, 0.29) is 0 Å². The van der Waals surface area contributed by atoms with Crippen LogP contribution in [0, 0.1) is 0 Å². The van der Waals surface area contributed by atoms with Crippen molar-refractivity contribution in [1.82, 2.24) is 19.4 Å². The Morgan fingerprint density at radius 3 is 2.96 bits per heavy atom. The Morgan fingerprint density at radius 1 is 1.21 bits per heavy atom. The van der Waals surface area contributed by atoms with Gasteiger partial charge in [-0.2, -0.15) is 0 Å². The maximum Gasteiger partial charge on any atom is 0.124 e. The maximum absolute atomic E-state index is 5.60. The monoisotopic (exact) mass is 328 g/mol. The number of ether oxygens (including phenoxy) is 1. The van der Waals surface area contributed by atoms with E-state index in [0.717, 1.165) is 44.1 Å². The molecule has 1 aromatic heterocycles. The summed E-state index contributed by atoms with van der Waals surface area (Å²) in [5.74, 6) is 1.14. The van der Waals surface area contributed by atoms with E-state index in [0.29, 0.717) is 13.2 Å². The van der Waals surface area contributed by atoms with Gasteiger partial charge in [0.15, 0.2) is 0 Å². The lowest BCUT2D eigenvalue weighted by Crippen LogP contribution is -2.29. The van der Waals surface area contributed by atoms with Crippen LogP contribution in [-0.2, 0) is 17.8 Å². The first kappa shape index (κ1) is 17.1. The van der Waals surface area contributed by atoms with Crippen LogP contribution in [0.15, 0.2) is 36.9 Å². The Kier molecular flexibility index (Phi) is 6.01. The van der Waals surface area contributed by atoms with Crippen LogP contribution in [0.5, 0.6) is 0 Å². The zero-order valence-electron chi connectivity index (χ0n) is 14.7. The molecule has 130 valence electrons. The Balaban J connectivity index is 1.76.